The fourth-order valence-electron chi connectivity index (χ4n) is 2.72. The van der Waals surface area contributed by atoms with Gasteiger partial charge in [-0.25, -0.2) is 0 Å². The summed E-state index contributed by atoms with van der Waals surface area (Å²) in [5, 5.41) is 1.51. The van der Waals surface area contributed by atoms with Gasteiger partial charge in [0.2, 0.25) is 0 Å². The molecule has 0 atom stereocenters. The van der Waals surface area contributed by atoms with Gasteiger partial charge in [-0.05, 0) is 35.0 Å². The monoisotopic (exact) mass is 319 g/mol. The number of para-hydroxylation sites is 1. The maximum absolute atomic E-state index is 4.48. The molecule has 1 aromatic heterocycles. The van der Waals surface area contributed by atoms with Crippen molar-refractivity contribution in [3.63, 3.8) is 0 Å². The standard InChI is InChI=1S/C19H24BN2Si/c1-19(2,3)23(4,5)22-14-8-10-17(20-22)15-12-13-21-18-11-7-6-9-16(15)18/h6-14H,1-5H3. The Morgan fingerprint density at radius 3 is 2.57 bits per heavy atom. The molecule has 3 rings (SSSR count). The van der Waals surface area contributed by atoms with Crippen molar-refractivity contribution >= 4 is 32.0 Å². The zero-order valence-electron chi connectivity index (χ0n) is 14.7. The summed E-state index contributed by atoms with van der Waals surface area (Å²) in [4.78, 5) is 4.48. The topological polar surface area (TPSA) is 16.1 Å². The highest BCUT2D eigenvalue weighted by atomic mass is 28.3. The Hall–Kier alpha value is -1.81. The van der Waals surface area contributed by atoms with Crippen LogP contribution in [0.2, 0.25) is 18.1 Å². The van der Waals surface area contributed by atoms with E-state index >= 15 is 0 Å². The van der Waals surface area contributed by atoms with Crippen molar-refractivity contribution in [2.45, 2.75) is 38.9 Å². The summed E-state index contributed by atoms with van der Waals surface area (Å²) >= 11 is 0. The molecular weight excluding hydrogens is 295 g/mol. The summed E-state index contributed by atoms with van der Waals surface area (Å²) in [6.45, 7) is 11.9. The summed E-state index contributed by atoms with van der Waals surface area (Å²) in [5.41, 5.74) is 3.56. The quantitative estimate of drug-likeness (QED) is 0.722. The van der Waals surface area contributed by atoms with E-state index in [1.54, 1.807) is 0 Å². The molecule has 0 bridgehead atoms. The molecule has 0 spiro atoms. The second-order valence-electron chi connectivity index (χ2n) is 7.68. The summed E-state index contributed by atoms with van der Waals surface area (Å²) in [6, 6.07) is 10.5. The van der Waals surface area contributed by atoms with E-state index in [9.17, 15) is 0 Å². The van der Waals surface area contributed by atoms with Crippen LogP contribution in [0.5, 0.6) is 0 Å². The molecule has 2 nitrogen and oxygen atoms in total. The second kappa shape index (κ2) is 5.68. The Morgan fingerprint density at radius 2 is 1.83 bits per heavy atom. The van der Waals surface area contributed by atoms with Crippen LogP contribution in [-0.2, 0) is 0 Å². The lowest BCUT2D eigenvalue weighted by Crippen LogP contribution is -2.54. The minimum atomic E-state index is -1.61. The first-order chi connectivity index (χ1) is 10.8. The lowest BCUT2D eigenvalue weighted by molar-refractivity contribution is 0.658. The maximum atomic E-state index is 4.48. The SMILES string of the molecule is CC(C)(C)[Si](C)(C)N1[B]C(c2ccnc3ccccc23)=CC=C1. The lowest BCUT2D eigenvalue weighted by Gasteiger charge is -2.47. The third-order valence-corrected chi connectivity index (χ3v) is 10.5. The molecule has 0 fully saturated rings. The van der Waals surface area contributed by atoms with Crippen LogP contribution in [0.15, 0.2) is 54.9 Å². The molecule has 2 heterocycles. The average Bonchev–Trinajstić information content (AvgIpc) is 2.53. The number of rotatable bonds is 2. The first-order valence-electron chi connectivity index (χ1n) is 8.17. The van der Waals surface area contributed by atoms with E-state index in [0.29, 0.717) is 5.04 Å². The number of pyridine rings is 1. The van der Waals surface area contributed by atoms with Crippen molar-refractivity contribution < 1.29 is 0 Å². The summed E-state index contributed by atoms with van der Waals surface area (Å²) in [5.74, 6) is 0. The zero-order chi connectivity index (χ0) is 16.7. The number of nitrogens with zero attached hydrogens (tertiary/aromatic N) is 2. The lowest BCUT2D eigenvalue weighted by atomic mass is 9.75. The number of aromatic nitrogens is 1. The fraction of sp³-hybridized carbons (Fsp3) is 0.316. The summed E-state index contributed by atoms with van der Waals surface area (Å²) < 4.78 is 2.47. The van der Waals surface area contributed by atoms with Crippen LogP contribution in [0.1, 0.15) is 26.3 Å². The van der Waals surface area contributed by atoms with Gasteiger partial charge in [-0.3, -0.25) is 4.98 Å². The molecule has 4 heteroatoms. The number of fused-ring (bicyclic) bond motifs is 1. The van der Waals surface area contributed by atoms with Gasteiger partial charge in [-0.1, -0.05) is 63.6 Å². The van der Waals surface area contributed by atoms with Gasteiger partial charge >= 0.3 is 0 Å². The Labute approximate surface area is 141 Å². The van der Waals surface area contributed by atoms with E-state index in [2.05, 4.69) is 93.4 Å². The predicted molar refractivity (Wildman–Crippen MR) is 104 cm³/mol. The van der Waals surface area contributed by atoms with Crippen LogP contribution in [0.3, 0.4) is 0 Å². The van der Waals surface area contributed by atoms with E-state index in [4.69, 9.17) is 0 Å². The Kier molecular flexibility index (Phi) is 3.97. The van der Waals surface area contributed by atoms with Crippen molar-refractivity contribution in [3.05, 3.63) is 60.4 Å². The number of benzene rings is 1. The molecule has 0 amide bonds. The fourth-order valence-corrected chi connectivity index (χ4v) is 4.41. The first-order valence-corrected chi connectivity index (χ1v) is 11.1. The first kappa shape index (κ1) is 16.1. The van der Waals surface area contributed by atoms with E-state index < -0.39 is 8.24 Å². The van der Waals surface area contributed by atoms with E-state index in [-0.39, 0.29) is 0 Å². The van der Waals surface area contributed by atoms with Crippen molar-refractivity contribution in [1.29, 1.82) is 0 Å². The van der Waals surface area contributed by atoms with Gasteiger partial charge in [-0.15, -0.1) is 0 Å². The van der Waals surface area contributed by atoms with E-state index in [0.717, 1.165) is 5.52 Å². The maximum Gasteiger partial charge on any atom is 0.276 e. The van der Waals surface area contributed by atoms with Gasteiger partial charge in [-0.2, -0.15) is 0 Å². The van der Waals surface area contributed by atoms with Crippen LogP contribution in [0.4, 0.5) is 0 Å². The molecule has 1 aliphatic rings. The van der Waals surface area contributed by atoms with Gasteiger partial charge in [0.25, 0.3) is 7.41 Å². The summed E-state index contributed by atoms with van der Waals surface area (Å²) in [6.07, 6.45) is 8.50. The minimum absolute atomic E-state index is 0.302. The van der Waals surface area contributed by atoms with E-state index in [1.807, 2.05) is 12.3 Å². The normalized spacial score (nSPS) is 15.5. The molecule has 0 aliphatic carbocycles. The van der Waals surface area contributed by atoms with Gasteiger partial charge < -0.3 is 4.48 Å². The van der Waals surface area contributed by atoms with Crippen LogP contribution >= 0.6 is 0 Å². The minimum Gasteiger partial charge on any atom is -0.448 e. The summed E-state index contributed by atoms with van der Waals surface area (Å²) in [7, 11) is 0.707. The number of hydrogen-bond acceptors (Lipinski definition) is 2. The van der Waals surface area contributed by atoms with Crippen molar-refractivity contribution in [3.8, 4) is 0 Å². The number of hydrogen-bond donors (Lipinski definition) is 0. The molecule has 2 aromatic rings. The molecule has 1 radical (unpaired) electrons. The highest BCUT2D eigenvalue weighted by Gasteiger charge is 2.40. The predicted octanol–water partition coefficient (Wildman–Crippen LogP) is 5.03. The smallest absolute Gasteiger partial charge is 0.276 e. The van der Waals surface area contributed by atoms with Crippen LogP contribution in [0, 0.1) is 0 Å². The van der Waals surface area contributed by atoms with Crippen LogP contribution in [-0.4, -0.2) is 25.1 Å². The second-order valence-corrected chi connectivity index (χ2v) is 12.8. The molecule has 1 aromatic carbocycles. The van der Waals surface area contributed by atoms with Crippen molar-refractivity contribution in [2.24, 2.45) is 0 Å². The molecule has 0 saturated carbocycles. The molecular formula is C19H24BN2Si. The zero-order valence-corrected chi connectivity index (χ0v) is 15.7. The molecule has 23 heavy (non-hydrogen) atoms. The van der Waals surface area contributed by atoms with Crippen LogP contribution in [0.25, 0.3) is 16.4 Å². The molecule has 0 saturated heterocycles. The number of allylic oxidation sites excluding steroid dienone is 2. The van der Waals surface area contributed by atoms with Gasteiger partial charge in [0.05, 0.1) is 5.52 Å². The third-order valence-electron chi connectivity index (χ3n) is 5.24. The molecule has 0 unspecified atom stereocenters. The molecule has 0 N–H and O–H groups in total. The van der Waals surface area contributed by atoms with Crippen molar-refractivity contribution in [1.82, 2.24) is 9.46 Å². The van der Waals surface area contributed by atoms with Gasteiger partial charge in [0.15, 0.2) is 0 Å². The Bertz CT molecular complexity index is 782. The highest BCUT2D eigenvalue weighted by Crippen LogP contribution is 2.39. The molecule has 117 valence electrons. The largest absolute Gasteiger partial charge is 0.448 e. The Balaban J connectivity index is 1.99. The molecule has 1 aliphatic heterocycles. The Morgan fingerprint density at radius 1 is 1.09 bits per heavy atom. The third kappa shape index (κ3) is 2.88. The average molecular weight is 319 g/mol. The highest BCUT2D eigenvalue weighted by molar-refractivity contribution is 6.86. The van der Waals surface area contributed by atoms with Gasteiger partial charge in [0, 0.05) is 11.6 Å². The van der Waals surface area contributed by atoms with Crippen LogP contribution < -0.4 is 0 Å². The van der Waals surface area contributed by atoms with E-state index in [1.165, 1.54) is 16.4 Å². The van der Waals surface area contributed by atoms with Gasteiger partial charge in [0.1, 0.15) is 8.24 Å². The van der Waals surface area contributed by atoms with Crippen molar-refractivity contribution in [2.75, 3.05) is 0 Å².